The average molecular weight is 208 g/mol. The summed E-state index contributed by atoms with van der Waals surface area (Å²) in [7, 11) is 0. The summed E-state index contributed by atoms with van der Waals surface area (Å²) < 4.78 is 0. The van der Waals surface area contributed by atoms with E-state index in [2.05, 4.69) is 0 Å². The molecule has 3 atom stereocenters. The first-order valence-corrected chi connectivity index (χ1v) is 6.36. The van der Waals surface area contributed by atoms with E-state index < -0.39 is 0 Å². The van der Waals surface area contributed by atoms with Gasteiger partial charge < -0.3 is 5.11 Å². The van der Waals surface area contributed by atoms with Crippen LogP contribution in [0.3, 0.4) is 0 Å². The Morgan fingerprint density at radius 1 is 1.00 bits per heavy atom. The molecule has 0 aromatic carbocycles. The lowest BCUT2D eigenvalue weighted by molar-refractivity contribution is -0.118. The molecule has 1 unspecified atom stereocenters. The van der Waals surface area contributed by atoms with Gasteiger partial charge in [0.15, 0.2) is 0 Å². The van der Waals surface area contributed by atoms with E-state index in [1.54, 1.807) is 0 Å². The molecule has 0 radical (unpaired) electrons. The maximum atomic E-state index is 11.7. The summed E-state index contributed by atoms with van der Waals surface area (Å²) in [5, 5.41) is 9.92. The smallest absolute Gasteiger partial charge is 0.134 e. The van der Waals surface area contributed by atoms with Gasteiger partial charge in [-0.25, -0.2) is 0 Å². The first-order valence-electron chi connectivity index (χ1n) is 6.36. The van der Waals surface area contributed by atoms with Crippen molar-refractivity contribution in [3.05, 3.63) is 0 Å². The molecule has 15 heavy (non-hydrogen) atoms. The minimum absolute atomic E-state index is 0.129. The van der Waals surface area contributed by atoms with Gasteiger partial charge in [-0.3, -0.25) is 4.79 Å². The van der Waals surface area contributed by atoms with Crippen LogP contribution in [0.4, 0.5) is 0 Å². The van der Waals surface area contributed by atoms with Crippen LogP contribution in [0.25, 0.3) is 0 Å². The Morgan fingerprint density at radius 2 is 1.53 bits per heavy atom. The molecule has 2 heteroatoms. The van der Waals surface area contributed by atoms with Gasteiger partial charge in [-0.05, 0) is 36.5 Å². The van der Waals surface area contributed by atoms with Gasteiger partial charge in [0.05, 0.1) is 6.10 Å². The van der Waals surface area contributed by atoms with Gasteiger partial charge in [-0.2, -0.15) is 0 Å². The van der Waals surface area contributed by atoms with E-state index in [1.807, 2.05) is 0 Å². The fourth-order valence-corrected chi connectivity index (χ4v) is 4.76. The molecule has 1 N–H and O–H groups in total. The van der Waals surface area contributed by atoms with Crippen LogP contribution < -0.4 is 0 Å². The molecule has 0 aromatic heterocycles. The van der Waals surface area contributed by atoms with E-state index >= 15 is 0 Å². The molecule has 3 fully saturated rings. The van der Waals surface area contributed by atoms with Gasteiger partial charge in [-0.1, -0.05) is 19.3 Å². The zero-order valence-corrected chi connectivity index (χ0v) is 9.30. The van der Waals surface area contributed by atoms with E-state index in [0.717, 1.165) is 25.7 Å². The number of Topliss-reactive ketones (excluding diaryl/α,β-unsaturated/α-hetero) is 1. The lowest BCUT2D eigenvalue weighted by atomic mass is 9.65. The van der Waals surface area contributed by atoms with Crippen LogP contribution >= 0.6 is 0 Å². The van der Waals surface area contributed by atoms with Crippen LogP contribution in [0.1, 0.15) is 57.8 Å². The number of carbonyl (C=O) groups is 1. The Bertz CT molecular complexity index is 273. The number of hydrogen-bond acceptors (Lipinski definition) is 2. The third-order valence-electron chi connectivity index (χ3n) is 5.26. The van der Waals surface area contributed by atoms with E-state index in [0.29, 0.717) is 5.78 Å². The molecule has 3 saturated carbocycles. The van der Waals surface area contributed by atoms with E-state index in [-0.39, 0.29) is 16.9 Å². The molecular formula is C13H20O2. The molecule has 0 amide bonds. The third-order valence-corrected chi connectivity index (χ3v) is 5.26. The largest absolute Gasteiger partial charge is 0.393 e. The first-order chi connectivity index (χ1) is 7.16. The van der Waals surface area contributed by atoms with Crippen LogP contribution in [0.5, 0.6) is 0 Å². The Kier molecular flexibility index (Phi) is 2.01. The fraction of sp³-hybridized carbons (Fsp3) is 0.923. The van der Waals surface area contributed by atoms with Crippen molar-refractivity contribution in [3.63, 3.8) is 0 Å². The van der Waals surface area contributed by atoms with Gasteiger partial charge in [0.25, 0.3) is 0 Å². The molecule has 3 aliphatic carbocycles. The second kappa shape index (κ2) is 3.07. The summed E-state index contributed by atoms with van der Waals surface area (Å²) in [4.78, 5) is 11.7. The Morgan fingerprint density at radius 3 is 2.07 bits per heavy atom. The highest BCUT2D eigenvalue weighted by atomic mass is 16.3. The predicted molar refractivity (Wildman–Crippen MR) is 57.4 cm³/mol. The van der Waals surface area contributed by atoms with Crippen LogP contribution in [-0.4, -0.2) is 17.0 Å². The lowest BCUT2D eigenvalue weighted by Crippen LogP contribution is -2.30. The SMILES string of the molecule is O=C1C[C@]23CCCCC[C@@]2(C1)CC(O)C3. The number of carbonyl (C=O) groups excluding carboxylic acids is 1. The molecule has 3 rings (SSSR count). The topological polar surface area (TPSA) is 37.3 Å². The quantitative estimate of drug-likeness (QED) is 0.664. The maximum Gasteiger partial charge on any atom is 0.134 e. The minimum atomic E-state index is -0.129. The van der Waals surface area contributed by atoms with Gasteiger partial charge in [0.2, 0.25) is 0 Å². The zero-order valence-electron chi connectivity index (χ0n) is 9.30. The summed E-state index contributed by atoms with van der Waals surface area (Å²) in [6, 6.07) is 0. The van der Waals surface area contributed by atoms with E-state index in [4.69, 9.17) is 0 Å². The van der Waals surface area contributed by atoms with Crippen molar-refractivity contribution in [2.45, 2.75) is 63.9 Å². The summed E-state index contributed by atoms with van der Waals surface area (Å²) in [5.74, 6) is 0.462. The molecule has 0 heterocycles. The van der Waals surface area contributed by atoms with Gasteiger partial charge in [-0.15, -0.1) is 0 Å². The Balaban J connectivity index is 2.01. The Labute approximate surface area is 91.1 Å². The van der Waals surface area contributed by atoms with Crippen molar-refractivity contribution in [1.29, 1.82) is 0 Å². The van der Waals surface area contributed by atoms with Crippen molar-refractivity contribution >= 4 is 5.78 Å². The van der Waals surface area contributed by atoms with Crippen LogP contribution in [0, 0.1) is 10.8 Å². The maximum absolute atomic E-state index is 11.7. The molecule has 84 valence electrons. The molecule has 3 aliphatic rings. The van der Waals surface area contributed by atoms with Gasteiger partial charge in [0, 0.05) is 12.8 Å². The molecule has 0 spiro atoms. The second-order valence-electron chi connectivity index (χ2n) is 6.08. The summed E-state index contributed by atoms with van der Waals surface area (Å²) in [5.41, 5.74) is 0.417. The molecular weight excluding hydrogens is 188 g/mol. The van der Waals surface area contributed by atoms with Crippen LogP contribution in [0.2, 0.25) is 0 Å². The zero-order chi connectivity index (χ0) is 10.5. The third kappa shape index (κ3) is 1.24. The summed E-state index contributed by atoms with van der Waals surface area (Å²) >= 11 is 0. The standard InChI is InChI=1S/C13H20O2/c14-10-6-12-4-2-1-3-5-13(12,8-10)9-11(15)7-12/h10,14H,1-9H2/t10?,12-,13+. The van der Waals surface area contributed by atoms with Gasteiger partial charge >= 0.3 is 0 Å². The number of aliphatic hydroxyl groups is 1. The predicted octanol–water partition coefficient (Wildman–Crippen LogP) is 2.44. The number of aliphatic hydroxyl groups excluding tert-OH is 1. The molecule has 0 aromatic rings. The Hall–Kier alpha value is -0.370. The second-order valence-corrected chi connectivity index (χ2v) is 6.08. The monoisotopic (exact) mass is 208 g/mol. The van der Waals surface area contributed by atoms with Crippen LogP contribution in [0.15, 0.2) is 0 Å². The molecule has 0 bridgehead atoms. The highest BCUT2D eigenvalue weighted by molar-refractivity contribution is 5.83. The van der Waals surface area contributed by atoms with E-state index in [9.17, 15) is 9.90 Å². The van der Waals surface area contributed by atoms with Crippen molar-refractivity contribution in [1.82, 2.24) is 0 Å². The summed E-state index contributed by atoms with van der Waals surface area (Å²) in [6.07, 6.45) is 9.45. The molecule has 2 nitrogen and oxygen atoms in total. The highest BCUT2D eigenvalue weighted by Gasteiger charge is 2.62. The minimum Gasteiger partial charge on any atom is -0.393 e. The number of ketones is 1. The van der Waals surface area contributed by atoms with Crippen molar-refractivity contribution in [2.75, 3.05) is 0 Å². The molecule has 0 saturated heterocycles. The average Bonchev–Trinajstić information content (AvgIpc) is 2.45. The van der Waals surface area contributed by atoms with Crippen molar-refractivity contribution in [3.8, 4) is 0 Å². The number of hydrogen-bond donors (Lipinski definition) is 1. The lowest BCUT2D eigenvalue weighted by Gasteiger charge is -2.38. The summed E-state index contributed by atoms with van der Waals surface area (Å²) in [6.45, 7) is 0. The van der Waals surface area contributed by atoms with Crippen molar-refractivity contribution < 1.29 is 9.90 Å². The van der Waals surface area contributed by atoms with Crippen LogP contribution in [-0.2, 0) is 4.79 Å². The molecule has 0 aliphatic heterocycles. The van der Waals surface area contributed by atoms with Crippen molar-refractivity contribution in [2.24, 2.45) is 10.8 Å². The number of rotatable bonds is 0. The first kappa shape index (κ1) is 9.83. The normalized spacial score (nSPS) is 49.9. The highest BCUT2D eigenvalue weighted by Crippen LogP contribution is 2.67. The van der Waals surface area contributed by atoms with Gasteiger partial charge in [0.1, 0.15) is 5.78 Å². The van der Waals surface area contributed by atoms with E-state index in [1.165, 1.54) is 32.1 Å². The fourth-order valence-electron chi connectivity index (χ4n) is 4.76.